The number of esters is 1. The second kappa shape index (κ2) is 8.84. The van der Waals surface area contributed by atoms with Gasteiger partial charge in [0.15, 0.2) is 6.61 Å². The van der Waals surface area contributed by atoms with Crippen LogP contribution < -0.4 is 4.74 Å². The zero-order valence-corrected chi connectivity index (χ0v) is 15.1. The Labute approximate surface area is 147 Å². The molecule has 0 unspecified atom stereocenters. The number of thiophene rings is 1. The summed E-state index contributed by atoms with van der Waals surface area (Å²) in [5.74, 6) is -0.0165. The Kier molecular flexibility index (Phi) is 6.80. The molecule has 0 fully saturated rings. The summed E-state index contributed by atoms with van der Waals surface area (Å²) >= 11 is 4.61. The van der Waals surface area contributed by atoms with Gasteiger partial charge in [0.25, 0.3) is 0 Å². The summed E-state index contributed by atoms with van der Waals surface area (Å²) in [6, 6.07) is 10.2. The van der Waals surface area contributed by atoms with Crippen LogP contribution in [0.2, 0.25) is 0 Å². The molecular weight excluding hydrogens is 380 g/mol. The highest BCUT2D eigenvalue weighted by molar-refractivity contribution is 9.11. The van der Waals surface area contributed by atoms with E-state index in [0.717, 1.165) is 22.4 Å². The Hall–Kier alpha value is -1.66. The summed E-state index contributed by atoms with van der Waals surface area (Å²) in [4.78, 5) is 24.4. The molecule has 6 heteroatoms. The average Bonchev–Trinajstić information content (AvgIpc) is 3.00. The number of hydrogen-bond acceptors (Lipinski definition) is 5. The minimum absolute atomic E-state index is 0.214. The SMILES string of the molecule is CCCCOc1ccc(C(=O)OCC(=O)c2ccc(Br)s2)cc1. The summed E-state index contributed by atoms with van der Waals surface area (Å²) < 4.78 is 11.5. The van der Waals surface area contributed by atoms with Gasteiger partial charge in [-0.2, -0.15) is 0 Å². The molecule has 0 bridgehead atoms. The second-order valence-electron chi connectivity index (χ2n) is 4.83. The number of rotatable bonds is 8. The summed E-state index contributed by atoms with van der Waals surface area (Å²) in [6.07, 6.45) is 2.06. The number of carbonyl (C=O) groups is 2. The van der Waals surface area contributed by atoms with Crippen LogP contribution in [0.3, 0.4) is 0 Å². The highest BCUT2D eigenvalue weighted by atomic mass is 79.9. The number of ketones is 1. The quantitative estimate of drug-likeness (QED) is 0.367. The van der Waals surface area contributed by atoms with E-state index >= 15 is 0 Å². The van der Waals surface area contributed by atoms with E-state index in [0.29, 0.717) is 17.0 Å². The normalized spacial score (nSPS) is 10.3. The molecule has 0 aliphatic rings. The summed E-state index contributed by atoms with van der Waals surface area (Å²) in [5, 5.41) is 0. The van der Waals surface area contributed by atoms with E-state index in [2.05, 4.69) is 22.9 Å². The minimum Gasteiger partial charge on any atom is -0.494 e. The molecular formula is C17H17BrO4S. The Morgan fingerprint density at radius 2 is 1.87 bits per heavy atom. The van der Waals surface area contributed by atoms with Crippen LogP contribution in [-0.2, 0) is 4.74 Å². The monoisotopic (exact) mass is 396 g/mol. The first kappa shape index (κ1) is 17.7. The topological polar surface area (TPSA) is 52.6 Å². The van der Waals surface area contributed by atoms with Gasteiger partial charge in [-0.3, -0.25) is 4.79 Å². The van der Waals surface area contributed by atoms with Gasteiger partial charge >= 0.3 is 5.97 Å². The Bertz CT molecular complexity index is 663. The molecule has 1 aromatic carbocycles. The fourth-order valence-corrected chi connectivity index (χ4v) is 3.08. The lowest BCUT2D eigenvalue weighted by Gasteiger charge is -2.06. The molecule has 0 atom stereocenters. The van der Waals surface area contributed by atoms with Crippen LogP contribution in [0.4, 0.5) is 0 Å². The number of ether oxygens (including phenoxy) is 2. The third-order valence-electron chi connectivity index (χ3n) is 3.04. The minimum atomic E-state index is -0.519. The predicted octanol–water partition coefficient (Wildman–Crippen LogP) is 4.73. The molecule has 4 nitrogen and oxygen atoms in total. The van der Waals surface area contributed by atoms with E-state index in [-0.39, 0.29) is 12.4 Å². The van der Waals surface area contributed by atoms with Crippen molar-refractivity contribution in [2.24, 2.45) is 0 Å². The van der Waals surface area contributed by atoms with E-state index < -0.39 is 5.97 Å². The number of hydrogen-bond donors (Lipinski definition) is 0. The molecule has 0 aliphatic heterocycles. The zero-order valence-electron chi connectivity index (χ0n) is 12.7. The highest BCUT2D eigenvalue weighted by Gasteiger charge is 2.13. The van der Waals surface area contributed by atoms with E-state index in [1.54, 1.807) is 36.4 Å². The fourth-order valence-electron chi connectivity index (χ4n) is 1.77. The van der Waals surface area contributed by atoms with Gasteiger partial charge in [0.1, 0.15) is 5.75 Å². The lowest BCUT2D eigenvalue weighted by atomic mass is 10.2. The van der Waals surface area contributed by atoms with Crippen LogP contribution in [0.5, 0.6) is 5.75 Å². The van der Waals surface area contributed by atoms with Crippen LogP contribution in [0, 0.1) is 0 Å². The Morgan fingerprint density at radius 3 is 2.48 bits per heavy atom. The molecule has 122 valence electrons. The first-order valence-corrected chi connectivity index (χ1v) is 8.89. The average molecular weight is 397 g/mol. The molecule has 0 spiro atoms. The molecule has 23 heavy (non-hydrogen) atoms. The predicted molar refractivity (Wildman–Crippen MR) is 93.5 cm³/mol. The van der Waals surface area contributed by atoms with Gasteiger partial charge in [-0.1, -0.05) is 13.3 Å². The van der Waals surface area contributed by atoms with Crippen molar-refractivity contribution in [1.82, 2.24) is 0 Å². The van der Waals surface area contributed by atoms with Gasteiger partial charge in [-0.25, -0.2) is 4.79 Å². The van der Waals surface area contributed by atoms with Crippen molar-refractivity contribution in [2.45, 2.75) is 19.8 Å². The number of Topliss-reactive ketones (excluding diaryl/α,β-unsaturated/α-hetero) is 1. The van der Waals surface area contributed by atoms with E-state index in [1.165, 1.54) is 11.3 Å². The van der Waals surface area contributed by atoms with Crippen LogP contribution in [0.15, 0.2) is 40.2 Å². The standard InChI is InChI=1S/C17H17BrO4S/c1-2-3-10-21-13-6-4-12(5-7-13)17(20)22-11-14(19)15-8-9-16(18)23-15/h4-9H,2-3,10-11H2,1H3. The van der Waals surface area contributed by atoms with Crippen LogP contribution >= 0.6 is 27.3 Å². The van der Waals surface area contributed by atoms with Gasteiger partial charge in [-0.15, -0.1) is 11.3 Å². The van der Waals surface area contributed by atoms with Gasteiger partial charge in [0.05, 0.1) is 20.8 Å². The Balaban J connectivity index is 1.84. The van der Waals surface area contributed by atoms with E-state index in [1.807, 2.05) is 0 Å². The van der Waals surface area contributed by atoms with Crippen molar-refractivity contribution in [1.29, 1.82) is 0 Å². The fraction of sp³-hybridized carbons (Fsp3) is 0.294. The third-order valence-corrected chi connectivity index (χ3v) is 4.70. The lowest BCUT2D eigenvalue weighted by Crippen LogP contribution is -2.13. The molecule has 0 amide bonds. The van der Waals surface area contributed by atoms with Crippen LogP contribution in [0.25, 0.3) is 0 Å². The van der Waals surface area contributed by atoms with Gasteiger partial charge in [0.2, 0.25) is 5.78 Å². The van der Waals surface area contributed by atoms with Crippen molar-refractivity contribution in [3.63, 3.8) is 0 Å². The molecule has 0 aliphatic carbocycles. The summed E-state index contributed by atoms with van der Waals surface area (Å²) in [5.41, 5.74) is 0.396. The van der Waals surface area contributed by atoms with E-state index in [9.17, 15) is 9.59 Å². The van der Waals surface area contributed by atoms with Crippen LogP contribution in [0.1, 0.15) is 39.8 Å². The summed E-state index contributed by atoms with van der Waals surface area (Å²) in [7, 11) is 0. The van der Waals surface area contributed by atoms with Gasteiger partial charge in [0, 0.05) is 0 Å². The molecule has 1 aromatic heterocycles. The lowest BCUT2D eigenvalue weighted by molar-refractivity contribution is 0.0476. The maximum Gasteiger partial charge on any atom is 0.338 e. The maximum absolute atomic E-state index is 11.9. The number of halogens is 1. The van der Waals surface area contributed by atoms with Crippen LogP contribution in [-0.4, -0.2) is 25.0 Å². The first-order valence-electron chi connectivity index (χ1n) is 7.28. The smallest absolute Gasteiger partial charge is 0.338 e. The molecule has 0 N–H and O–H groups in total. The molecule has 1 heterocycles. The van der Waals surface area contributed by atoms with Crippen molar-refractivity contribution >= 4 is 39.0 Å². The van der Waals surface area contributed by atoms with E-state index in [4.69, 9.17) is 9.47 Å². The van der Waals surface area contributed by atoms with Gasteiger partial charge in [-0.05, 0) is 58.7 Å². The zero-order chi connectivity index (χ0) is 16.7. The van der Waals surface area contributed by atoms with Gasteiger partial charge < -0.3 is 9.47 Å². The molecule has 0 saturated heterocycles. The van der Waals surface area contributed by atoms with Crippen molar-refractivity contribution in [3.8, 4) is 5.75 Å². The summed E-state index contributed by atoms with van der Waals surface area (Å²) in [6.45, 7) is 2.49. The highest BCUT2D eigenvalue weighted by Crippen LogP contribution is 2.22. The molecule has 2 aromatic rings. The largest absolute Gasteiger partial charge is 0.494 e. The number of unbranched alkanes of at least 4 members (excludes halogenated alkanes) is 1. The third kappa shape index (κ3) is 5.48. The number of carbonyl (C=O) groups excluding carboxylic acids is 2. The molecule has 0 saturated carbocycles. The Morgan fingerprint density at radius 1 is 1.13 bits per heavy atom. The van der Waals surface area contributed by atoms with Crippen molar-refractivity contribution < 1.29 is 19.1 Å². The van der Waals surface area contributed by atoms with Crippen molar-refractivity contribution in [2.75, 3.05) is 13.2 Å². The first-order chi connectivity index (χ1) is 11.1. The second-order valence-corrected chi connectivity index (χ2v) is 7.29. The molecule has 2 rings (SSSR count). The maximum atomic E-state index is 11.9. The van der Waals surface area contributed by atoms with Crippen molar-refractivity contribution in [3.05, 3.63) is 50.6 Å². The number of benzene rings is 1. The molecule has 0 radical (unpaired) electrons.